The van der Waals surface area contributed by atoms with E-state index in [0.717, 1.165) is 16.8 Å². The maximum atomic E-state index is 13.2. The van der Waals surface area contributed by atoms with Crippen molar-refractivity contribution in [1.82, 2.24) is 4.31 Å². The summed E-state index contributed by atoms with van der Waals surface area (Å²) in [5.74, 6) is 1.31. The van der Waals surface area contributed by atoms with Crippen LogP contribution >= 0.6 is 0 Å². The Morgan fingerprint density at radius 2 is 1.53 bits per heavy atom. The third-order valence-electron chi connectivity index (χ3n) is 6.60. The number of anilines is 1. The second kappa shape index (κ2) is 9.96. The van der Waals surface area contributed by atoms with Crippen LogP contribution in [-0.4, -0.2) is 44.9 Å². The van der Waals surface area contributed by atoms with Crippen molar-refractivity contribution in [3.63, 3.8) is 0 Å². The molecule has 2 aromatic rings. The van der Waals surface area contributed by atoms with Gasteiger partial charge in [0.1, 0.15) is 13.2 Å². The minimum Gasteiger partial charge on any atom is -0.486 e. The summed E-state index contributed by atoms with van der Waals surface area (Å²) in [5, 5.41) is 3.19. The molecule has 2 aromatic carbocycles. The summed E-state index contributed by atoms with van der Waals surface area (Å²) < 4.78 is 38.9. The van der Waals surface area contributed by atoms with Crippen LogP contribution in [-0.2, 0) is 14.8 Å². The van der Waals surface area contributed by atoms with Crippen molar-refractivity contribution in [3.05, 3.63) is 47.5 Å². The Bertz CT molecular complexity index is 1130. The number of ether oxygens (including phenoxy) is 2. The largest absolute Gasteiger partial charge is 0.486 e. The van der Waals surface area contributed by atoms with Gasteiger partial charge in [-0.3, -0.25) is 4.79 Å². The van der Waals surface area contributed by atoms with Crippen LogP contribution < -0.4 is 14.8 Å². The minimum atomic E-state index is -3.67. The molecule has 2 aliphatic heterocycles. The summed E-state index contributed by atoms with van der Waals surface area (Å²) in [6, 6.07) is 10.9. The SMILES string of the molecule is CC(C)c1cccc(C(C)C)c1NC(=O)C1CCN(S(=O)(=O)c2ccc3c(c2)OCCO3)CC1. The van der Waals surface area contributed by atoms with Gasteiger partial charge in [0.05, 0.1) is 4.90 Å². The number of benzene rings is 2. The molecule has 0 radical (unpaired) electrons. The molecular formula is C26H34N2O5S. The van der Waals surface area contributed by atoms with Crippen molar-refractivity contribution in [1.29, 1.82) is 0 Å². The third kappa shape index (κ3) is 4.93. The summed E-state index contributed by atoms with van der Waals surface area (Å²) in [6.45, 7) is 9.94. The van der Waals surface area contributed by atoms with E-state index in [1.54, 1.807) is 12.1 Å². The molecule has 0 aromatic heterocycles. The first-order valence-corrected chi connectivity index (χ1v) is 13.5. The maximum absolute atomic E-state index is 13.2. The van der Waals surface area contributed by atoms with Crippen LogP contribution in [0.2, 0.25) is 0 Å². The van der Waals surface area contributed by atoms with Gasteiger partial charge in [0.2, 0.25) is 15.9 Å². The number of amides is 1. The predicted molar refractivity (Wildman–Crippen MR) is 132 cm³/mol. The Morgan fingerprint density at radius 3 is 2.12 bits per heavy atom. The molecule has 4 rings (SSSR count). The van der Waals surface area contributed by atoms with Gasteiger partial charge in [-0.05, 0) is 47.9 Å². The number of hydrogen-bond donors (Lipinski definition) is 1. The quantitative estimate of drug-likeness (QED) is 0.637. The fourth-order valence-corrected chi connectivity index (χ4v) is 6.10. The third-order valence-corrected chi connectivity index (χ3v) is 8.49. The molecule has 1 saturated heterocycles. The van der Waals surface area contributed by atoms with Gasteiger partial charge in [-0.2, -0.15) is 4.31 Å². The second-order valence-corrected chi connectivity index (χ2v) is 11.5. The van der Waals surface area contributed by atoms with Gasteiger partial charge in [0, 0.05) is 30.8 Å². The molecule has 34 heavy (non-hydrogen) atoms. The monoisotopic (exact) mass is 486 g/mol. The van der Waals surface area contributed by atoms with Crippen LogP contribution in [0.25, 0.3) is 0 Å². The van der Waals surface area contributed by atoms with Crippen LogP contribution in [0.1, 0.15) is 63.5 Å². The molecule has 2 aliphatic rings. The van der Waals surface area contributed by atoms with E-state index in [2.05, 4.69) is 45.1 Å². The normalized spacial score (nSPS) is 17.2. The zero-order chi connectivity index (χ0) is 24.5. The lowest BCUT2D eigenvalue weighted by molar-refractivity contribution is -0.120. The van der Waals surface area contributed by atoms with E-state index in [-0.39, 0.29) is 28.6 Å². The Morgan fingerprint density at radius 1 is 0.941 bits per heavy atom. The van der Waals surface area contributed by atoms with Gasteiger partial charge in [0.25, 0.3) is 0 Å². The van der Waals surface area contributed by atoms with E-state index in [1.165, 1.54) is 10.4 Å². The Labute approximate surface area is 202 Å². The molecule has 184 valence electrons. The molecule has 0 aliphatic carbocycles. The maximum Gasteiger partial charge on any atom is 0.243 e. The highest BCUT2D eigenvalue weighted by Gasteiger charge is 2.33. The van der Waals surface area contributed by atoms with E-state index in [4.69, 9.17) is 9.47 Å². The number of nitrogens with one attached hydrogen (secondary N) is 1. The molecule has 0 spiro atoms. The van der Waals surface area contributed by atoms with E-state index in [1.807, 2.05) is 6.07 Å². The number of piperidine rings is 1. The molecule has 7 nitrogen and oxygen atoms in total. The van der Waals surface area contributed by atoms with E-state index in [0.29, 0.717) is 50.6 Å². The molecule has 8 heteroatoms. The van der Waals surface area contributed by atoms with E-state index < -0.39 is 10.0 Å². The molecule has 0 saturated carbocycles. The van der Waals surface area contributed by atoms with Crippen molar-refractivity contribution >= 4 is 21.6 Å². The van der Waals surface area contributed by atoms with Crippen molar-refractivity contribution in [2.24, 2.45) is 5.92 Å². The van der Waals surface area contributed by atoms with Gasteiger partial charge in [0.15, 0.2) is 11.5 Å². The lowest BCUT2D eigenvalue weighted by Crippen LogP contribution is -2.41. The highest BCUT2D eigenvalue weighted by Crippen LogP contribution is 2.35. The lowest BCUT2D eigenvalue weighted by Gasteiger charge is -2.31. The van der Waals surface area contributed by atoms with Crippen LogP contribution in [0.3, 0.4) is 0 Å². The molecule has 0 atom stereocenters. The van der Waals surface area contributed by atoms with Crippen molar-refractivity contribution < 1.29 is 22.7 Å². The number of hydrogen-bond acceptors (Lipinski definition) is 5. The van der Waals surface area contributed by atoms with Gasteiger partial charge >= 0.3 is 0 Å². The van der Waals surface area contributed by atoms with Crippen LogP contribution in [0.5, 0.6) is 11.5 Å². The van der Waals surface area contributed by atoms with E-state index in [9.17, 15) is 13.2 Å². The number of nitrogens with zero attached hydrogens (tertiary/aromatic N) is 1. The summed E-state index contributed by atoms with van der Waals surface area (Å²) >= 11 is 0. The zero-order valence-corrected chi connectivity index (χ0v) is 21.2. The lowest BCUT2D eigenvalue weighted by atomic mass is 9.91. The highest BCUT2D eigenvalue weighted by atomic mass is 32.2. The number of fused-ring (bicyclic) bond motifs is 1. The van der Waals surface area contributed by atoms with Gasteiger partial charge in [-0.15, -0.1) is 0 Å². The Kier molecular flexibility index (Phi) is 7.19. The van der Waals surface area contributed by atoms with Crippen molar-refractivity contribution in [2.75, 3.05) is 31.6 Å². The average Bonchev–Trinajstić information content (AvgIpc) is 2.83. The standard InChI is InChI=1S/C26H34N2O5S/c1-17(2)21-6-5-7-22(18(3)4)25(21)27-26(29)19-10-12-28(13-11-19)34(30,31)20-8-9-23-24(16-20)33-15-14-32-23/h5-9,16-19H,10-15H2,1-4H3,(H,27,29). The molecule has 2 heterocycles. The van der Waals surface area contributed by atoms with Crippen LogP contribution in [0.15, 0.2) is 41.3 Å². The number of carbonyl (C=O) groups excluding carboxylic acids is 1. The summed E-state index contributed by atoms with van der Waals surface area (Å²) in [5.41, 5.74) is 3.15. The fourth-order valence-electron chi connectivity index (χ4n) is 4.61. The van der Waals surface area contributed by atoms with Crippen LogP contribution in [0.4, 0.5) is 5.69 Å². The number of rotatable bonds is 6. The molecule has 1 N–H and O–H groups in total. The Hall–Kier alpha value is -2.58. The van der Waals surface area contributed by atoms with Crippen molar-refractivity contribution in [2.45, 2.75) is 57.3 Å². The fraction of sp³-hybridized carbons (Fsp3) is 0.500. The Balaban J connectivity index is 1.45. The number of sulfonamides is 1. The molecule has 0 unspecified atom stereocenters. The summed E-state index contributed by atoms with van der Waals surface area (Å²) in [4.78, 5) is 13.4. The second-order valence-electron chi connectivity index (χ2n) is 9.59. The minimum absolute atomic E-state index is 0.0358. The van der Waals surface area contributed by atoms with Crippen LogP contribution in [0, 0.1) is 5.92 Å². The smallest absolute Gasteiger partial charge is 0.243 e. The number of para-hydroxylation sites is 1. The number of carbonyl (C=O) groups is 1. The first-order valence-electron chi connectivity index (χ1n) is 12.0. The molecular weight excluding hydrogens is 452 g/mol. The summed E-state index contributed by atoms with van der Waals surface area (Å²) in [6.07, 6.45) is 0.965. The first-order chi connectivity index (χ1) is 16.2. The first kappa shape index (κ1) is 24.5. The molecule has 1 fully saturated rings. The average molecular weight is 487 g/mol. The summed E-state index contributed by atoms with van der Waals surface area (Å²) in [7, 11) is -3.67. The molecule has 1 amide bonds. The molecule has 0 bridgehead atoms. The topological polar surface area (TPSA) is 84.9 Å². The van der Waals surface area contributed by atoms with Gasteiger partial charge in [-0.25, -0.2) is 8.42 Å². The predicted octanol–water partition coefficient (Wildman–Crippen LogP) is 4.74. The van der Waals surface area contributed by atoms with Crippen molar-refractivity contribution in [3.8, 4) is 11.5 Å². The zero-order valence-electron chi connectivity index (χ0n) is 20.3. The highest BCUT2D eigenvalue weighted by molar-refractivity contribution is 7.89. The van der Waals surface area contributed by atoms with Gasteiger partial charge < -0.3 is 14.8 Å². The van der Waals surface area contributed by atoms with Gasteiger partial charge in [-0.1, -0.05) is 45.9 Å². The van der Waals surface area contributed by atoms with E-state index >= 15 is 0 Å².